The summed E-state index contributed by atoms with van der Waals surface area (Å²) in [6, 6.07) is 18.0. The summed E-state index contributed by atoms with van der Waals surface area (Å²) in [5, 5.41) is 20.9. The number of hydrogen-bond donors (Lipinski definition) is 5. The number of nitrogens with one attached hydrogen (secondary N) is 3. The zero-order valence-electron chi connectivity index (χ0n) is 17.5. The molecule has 2 aromatic carbocycles. The Hall–Kier alpha value is -2.90. The molecule has 0 saturated carbocycles. The van der Waals surface area contributed by atoms with Crippen LogP contribution in [0.3, 0.4) is 0 Å². The molecule has 0 aliphatic carbocycles. The minimum Gasteiger partial charge on any atom is -0.387 e. The van der Waals surface area contributed by atoms with Gasteiger partial charge in [-0.25, -0.2) is 0 Å². The van der Waals surface area contributed by atoms with Gasteiger partial charge in [0.2, 0.25) is 5.91 Å². The molecule has 1 aliphatic heterocycles. The van der Waals surface area contributed by atoms with Gasteiger partial charge in [-0.1, -0.05) is 42.5 Å². The van der Waals surface area contributed by atoms with E-state index in [0.717, 1.165) is 30.5 Å². The zero-order valence-corrected chi connectivity index (χ0v) is 17.5. The van der Waals surface area contributed by atoms with E-state index in [1.165, 1.54) is 5.56 Å². The molecule has 1 saturated heterocycles. The Morgan fingerprint density at radius 1 is 1.20 bits per heavy atom. The number of nitrogens with two attached hydrogens (primary N) is 1. The van der Waals surface area contributed by atoms with Gasteiger partial charge in [-0.15, -0.1) is 0 Å². The summed E-state index contributed by atoms with van der Waals surface area (Å²) in [6.45, 7) is 1.71. The van der Waals surface area contributed by atoms with Crippen molar-refractivity contribution in [1.82, 2.24) is 10.7 Å². The summed E-state index contributed by atoms with van der Waals surface area (Å²) < 4.78 is 0. The number of benzene rings is 2. The van der Waals surface area contributed by atoms with Gasteiger partial charge in [-0.3, -0.25) is 4.79 Å². The van der Waals surface area contributed by atoms with Crippen molar-refractivity contribution in [2.45, 2.75) is 44.4 Å². The van der Waals surface area contributed by atoms with Crippen LogP contribution in [-0.4, -0.2) is 36.0 Å². The number of amidine groups is 1. The summed E-state index contributed by atoms with van der Waals surface area (Å²) in [4.78, 5) is 12.3. The van der Waals surface area contributed by atoms with Crippen molar-refractivity contribution in [2.75, 3.05) is 12.4 Å². The molecule has 4 unspecified atom stereocenters. The minimum absolute atomic E-state index is 0.0715. The van der Waals surface area contributed by atoms with Crippen molar-refractivity contribution in [3.8, 4) is 0 Å². The number of nitrogens with zero attached hydrogens (tertiary/aromatic N) is 1. The van der Waals surface area contributed by atoms with E-state index < -0.39 is 12.0 Å². The topological polar surface area (TPSA) is 112 Å². The first-order valence-corrected chi connectivity index (χ1v) is 10.4. The van der Waals surface area contributed by atoms with Crippen molar-refractivity contribution < 1.29 is 9.90 Å². The highest BCUT2D eigenvalue weighted by molar-refractivity contribution is 6.07. The molecule has 1 heterocycles. The fraction of sp³-hybridized carbons (Fsp3) is 0.391. The summed E-state index contributed by atoms with van der Waals surface area (Å²) in [5.74, 6) is -0.478. The van der Waals surface area contributed by atoms with Gasteiger partial charge in [-0.2, -0.15) is 5.10 Å². The highest BCUT2D eigenvalue weighted by Crippen LogP contribution is 2.26. The zero-order chi connectivity index (χ0) is 21.5. The first-order chi connectivity index (χ1) is 14.5. The minimum atomic E-state index is -0.521. The van der Waals surface area contributed by atoms with Crippen LogP contribution >= 0.6 is 0 Å². The van der Waals surface area contributed by atoms with Gasteiger partial charge >= 0.3 is 0 Å². The average molecular weight is 410 g/mol. The molecule has 0 aromatic heterocycles. The van der Waals surface area contributed by atoms with Crippen LogP contribution in [0.5, 0.6) is 0 Å². The molecule has 0 spiro atoms. The normalized spacial score (nSPS) is 21.1. The standard InChI is InChI=1S/C23H31N5O2/c1-15(22(24)28-25-2)23(30)27-18-10-8-16(9-11-18)14-19-12-13-20(26-19)21(29)17-6-4-3-5-7-17/h3-11,15,19-21,25-26,29H,12-14H2,1-2H3,(H2,24,28)(H,27,30). The van der Waals surface area contributed by atoms with Gasteiger partial charge in [0, 0.05) is 24.8 Å². The van der Waals surface area contributed by atoms with Gasteiger partial charge in [0.15, 0.2) is 0 Å². The highest BCUT2D eigenvalue weighted by Gasteiger charge is 2.29. The van der Waals surface area contributed by atoms with Crippen LogP contribution in [0.25, 0.3) is 0 Å². The van der Waals surface area contributed by atoms with Gasteiger partial charge in [0.1, 0.15) is 5.84 Å². The number of aliphatic hydroxyl groups excluding tert-OH is 1. The SMILES string of the molecule is CNN=C(N)C(C)C(=O)Nc1ccc(CC2CCC(C(O)c3ccccc3)N2)cc1. The molecule has 1 amide bonds. The van der Waals surface area contributed by atoms with Gasteiger partial charge < -0.3 is 26.9 Å². The first kappa shape index (κ1) is 21.8. The van der Waals surface area contributed by atoms with E-state index >= 15 is 0 Å². The maximum Gasteiger partial charge on any atom is 0.234 e. The van der Waals surface area contributed by atoms with Crippen LogP contribution in [0.4, 0.5) is 5.69 Å². The van der Waals surface area contributed by atoms with Crippen molar-refractivity contribution in [3.63, 3.8) is 0 Å². The fourth-order valence-electron chi connectivity index (χ4n) is 3.76. The summed E-state index contributed by atoms with van der Waals surface area (Å²) in [7, 11) is 1.64. The lowest BCUT2D eigenvalue weighted by molar-refractivity contribution is -0.117. The van der Waals surface area contributed by atoms with Crippen LogP contribution < -0.4 is 21.8 Å². The molecule has 1 aliphatic rings. The molecular weight excluding hydrogens is 378 g/mol. The number of amides is 1. The maximum atomic E-state index is 12.3. The molecule has 2 aromatic rings. The molecule has 4 atom stereocenters. The van der Waals surface area contributed by atoms with Gasteiger partial charge in [0.05, 0.1) is 12.0 Å². The lowest BCUT2D eigenvalue weighted by Gasteiger charge is -2.20. The van der Waals surface area contributed by atoms with E-state index in [9.17, 15) is 9.90 Å². The molecule has 0 bridgehead atoms. The van der Waals surface area contributed by atoms with Crippen LogP contribution in [0.2, 0.25) is 0 Å². The third-order valence-corrected chi connectivity index (χ3v) is 5.58. The molecule has 0 radical (unpaired) electrons. The predicted molar refractivity (Wildman–Crippen MR) is 120 cm³/mol. The number of carbonyl (C=O) groups is 1. The van der Waals surface area contributed by atoms with Crippen LogP contribution in [0.1, 0.15) is 37.0 Å². The Balaban J connectivity index is 1.51. The average Bonchev–Trinajstić information content (AvgIpc) is 3.23. The fourth-order valence-corrected chi connectivity index (χ4v) is 3.76. The Bertz CT molecular complexity index is 854. The number of rotatable bonds is 8. The lowest BCUT2D eigenvalue weighted by Crippen LogP contribution is -2.35. The molecule has 7 heteroatoms. The molecule has 3 rings (SSSR count). The van der Waals surface area contributed by atoms with Gasteiger partial charge in [-0.05, 0) is 49.4 Å². The predicted octanol–water partition coefficient (Wildman–Crippen LogP) is 2.15. The smallest absolute Gasteiger partial charge is 0.234 e. The molecule has 7 nitrogen and oxygen atoms in total. The number of hydrazone groups is 1. The monoisotopic (exact) mass is 409 g/mol. The van der Waals surface area contributed by atoms with Crippen molar-refractivity contribution in [2.24, 2.45) is 16.8 Å². The van der Waals surface area contributed by atoms with E-state index in [1.54, 1.807) is 14.0 Å². The maximum absolute atomic E-state index is 12.3. The van der Waals surface area contributed by atoms with Crippen molar-refractivity contribution in [1.29, 1.82) is 0 Å². The second-order valence-corrected chi connectivity index (χ2v) is 7.78. The number of carbonyl (C=O) groups excluding carboxylic acids is 1. The Morgan fingerprint density at radius 2 is 1.90 bits per heavy atom. The van der Waals surface area contributed by atoms with E-state index in [0.29, 0.717) is 6.04 Å². The quantitative estimate of drug-likeness (QED) is 0.261. The van der Waals surface area contributed by atoms with E-state index in [1.807, 2.05) is 54.6 Å². The molecular formula is C23H31N5O2. The lowest BCUT2D eigenvalue weighted by atomic mass is 10.0. The van der Waals surface area contributed by atoms with E-state index in [2.05, 4.69) is 21.2 Å². The molecule has 30 heavy (non-hydrogen) atoms. The van der Waals surface area contributed by atoms with Crippen molar-refractivity contribution in [3.05, 3.63) is 65.7 Å². The molecule has 1 fully saturated rings. The largest absolute Gasteiger partial charge is 0.387 e. The van der Waals surface area contributed by atoms with Gasteiger partial charge in [0.25, 0.3) is 0 Å². The Labute approximate surface area is 177 Å². The van der Waals surface area contributed by atoms with Crippen LogP contribution in [0, 0.1) is 5.92 Å². The van der Waals surface area contributed by atoms with E-state index in [4.69, 9.17) is 5.73 Å². The highest BCUT2D eigenvalue weighted by atomic mass is 16.3. The first-order valence-electron chi connectivity index (χ1n) is 10.4. The molecule has 160 valence electrons. The molecule has 6 N–H and O–H groups in total. The third kappa shape index (κ3) is 5.58. The van der Waals surface area contributed by atoms with Crippen molar-refractivity contribution >= 4 is 17.4 Å². The Morgan fingerprint density at radius 3 is 2.57 bits per heavy atom. The number of aliphatic hydroxyl groups is 1. The van der Waals surface area contributed by atoms with E-state index in [-0.39, 0.29) is 17.8 Å². The number of hydrogen-bond acceptors (Lipinski definition) is 5. The second kappa shape index (κ2) is 10.2. The van der Waals surface area contributed by atoms with Crippen LogP contribution in [0.15, 0.2) is 59.7 Å². The third-order valence-electron chi connectivity index (χ3n) is 5.58. The Kier molecular flexibility index (Phi) is 7.43. The number of anilines is 1. The van der Waals surface area contributed by atoms with Crippen LogP contribution in [-0.2, 0) is 11.2 Å². The summed E-state index contributed by atoms with van der Waals surface area (Å²) in [6.07, 6.45) is 2.36. The summed E-state index contributed by atoms with van der Waals surface area (Å²) in [5.41, 5.74) is 11.2. The summed E-state index contributed by atoms with van der Waals surface area (Å²) >= 11 is 0. The second-order valence-electron chi connectivity index (χ2n) is 7.78.